The van der Waals surface area contributed by atoms with Gasteiger partial charge < -0.3 is 9.73 Å². The molecule has 1 amide bonds. The van der Waals surface area contributed by atoms with E-state index >= 15 is 0 Å². The van der Waals surface area contributed by atoms with Crippen LogP contribution in [0.1, 0.15) is 6.42 Å². The Hall–Kier alpha value is -2.95. The van der Waals surface area contributed by atoms with E-state index in [2.05, 4.69) is 10.4 Å². The number of hydrogen-bond acceptors (Lipinski definition) is 5. The topological polar surface area (TPSA) is 101 Å². The van der Waals surface area contributed by atoms with Crippen molar-refractivity contribution in [2.24, 2.45) is 0 Å². The lowest BCUT2D eigenvalue weighted by molar-refractivity contribution is -0.121. The molecule has 2 aromatic rings. The molecule has 21 heavy (non-hydrogen) atoms. The Morgan fingerprint density at radius 1 is 1.43 bits per heavy atom. The maximum atomic E-state index is 12.8. The highest BCUT2D eigenvalue weighted by molar-refractivity contribution is 5.75. The number of hydrogen-bond donors (Lipinski definition) is 1. The van der Waals surface area contributed by atoms with Crippen molar-refractivity contribution in [3.05, 3.63) is 40.6 Å². The predicted octanol–water partition coefficient (Wildman–Crippen LogP) is 0.672. The SMILES string of the molecule is N#CCCNC(=O)Cn1nc(-c2ccc(F)cc2)oc1=O. The molecule has 1 aromatic carbocycles. The van der Waals surface area contributed by atoms with Gasteiger partial charge in [0.05, 0.1) is 12.5 Å². The molecule has 2 rings (SSSR count). The summed E-state index contributed by atoms with van der Waals surface area (Å²) in [6.45, 7) is -0.109. The molecular formula is C13H11FN4O3. The van der Waals surface area contributed by atoms with Gasteiger partial charge in [0.15, 0.2) is 0 Å². The Morgan fingerprint density at radius 2 is 2.14 bits per heavy atom. The lowest BCUT2D eigenvalue weighted by Gasteiger charge is -2.00. The summed E-state index contributed by atoms with van der Waals surface area (Å²) in [6, 6.07) is 7.13. The Kier molecular flexibility index (Phi) is 4.46. The van der Waals surface area contributed by atoms with E-state index in [4.69, 9.17) is 9.68 Å². The third kappa shape index (κ3) is 3.76. The summed E-state index contributed by atoms with van der Waals surface area (Å²) >= 11 is 0. The van der Waals surface area contributed by atoms with Crippen molar-refractivity contribution in [1.29, 1.82) is 5.26 Å². The van der Waals surface area contributed by atoms with Crippen molar-refractivity contribution in [2.45, 2.75) is 13.0 Å². The van der Waals surface area contributed by atoms with Gasteiger partial charge >= 0.3 is 5.76 Å². The summed E-state index contributed by atoms with van der Waals surface area (Å²) in [4.78, 5) is 23.1. The number of benzene rings is 1. The van der Waals surface area contributed by atoms with Crippen molar-refractivity contribution in [3.8, 4) is 17.5 Å². The van der Waals surface area contributed by atoms with Crippen molar-refractivity contribution in [3.63, 3.8) is 0 Å². The largest absolute Gasteiger partial charge is 0.437 e. The molecule has 0 unspecified atom stereocenters. The number of carbonyl (C=O) groups is 1. The lowest BCUT2D eigenvalue weighted by atomic mass is 10.2. The van der Waals surface area contributed by atoms with Crippen molar-refractivity contribution < 1.29 is 13.6 Å². The molecule has 0 saturated carbocycles. The number of halogens is 1. The van der Waals surface area contributed by atoms with Crippen molar-refractivity contribution in [1.82, 2.24) is 15.1 Å². The zero-order chi connectivity index (χ0) is 15.2. The molecule has 0 aliphatic rings. The average molecular weight is 290 g/mol. The van der Waals surface area contributed by atoms with Crippen molar-refractivity contribution >= 4 is 5.91 Å². The van der Waals surface area contributed by atoms with Crippen LogP contribution in [0.4, 0.5) is 4.39 Å². The van der Waals surface area contributed by atoms with Gasteiger partial charge in [0.1, 0.15) is 12.4 Å². The maximum Gasteiger partial charge on any atom is 0.437 e. The summed E-state index contributed by atoms with van der Waals surface area (Å²) in [5.41, 5.74) is 0.428. The fourth-order valence-electron chi connectivity index (χ4n) is 1.57. The van der Waals surface area contributed by atoms with Crippen LogP contribution in [-0.2, 0) is 11.3 Å². The van der Waals surface area contributed by atoms with Crippen LogP contribution in [0.2, 0.25) is 0 Å². The van der Waals surface area contributed by atoms with E-state index in [-0.39, 0.29) is 25.4 Å². The molecule has 0 saturated heterocycles. The van der Waals surface area contributed by atoms with Crippen LogP contribution in [0, 0.1) is 17.1 Å². The second-order valence-corrected chi connectivity index (χ2v) is 4.10. The Labute approximate surface area is 118 Å². The molecule has 0 bridgehead atoms. The fourth-order valence-corrected chi connectivity index (χ4v) is 1.57. The average Bonchev–Trinajstić information content (AvgIpc) is 2.81. The van der Waals surface area contributed by atoms with Crippen LogP contribution >= 0.6 is 0 Å². The molecule has 108 valence electrons. The molecule has 0 fully saturated rings. The smallest absolute Gasteiger partial charge is 0.388 e. The zero-order valence-corrected chi connectivity index (χ0v) is 10.9. The number of carbonyl (C=O) groups excluding carboxylic acids is 1. The van der Waals surface area contributed by atoms with Gasteiger partial charge in [0.2, 0.25) is 11.8 Å². The second kappa shape index (κ2) is 6.47. The summed E-state index contributed by atoms with van der Waals surface area (Å²) in [7, 11) is 0. The zero-order valence-electron chi connectivity index (χ0n) is 10.9. The number of amides is 1. The minimum Gasteiger partial charge on any atom is -0.388 e. The van der Waals surface area contributed by atoms with E-state index in [0.29, 0.717) is 5.56 Å². The maximum absolute atomic E-state index is 12.8. The van der Waals surface area contributed by atoms with Crippen LogP contribution in [0.15, 0.2) is 33.5 Å². The van der Waals surface area contributed by atoms with Crippen LogP contribution in [0.3, 0.4) is 0 Å². The second-order valence-electron chi connectivity index (χ2n) is 4.10. The van der Waals surface area contributed by atoms with Crippen LogP contribution in [0.25, 0.3) is 11.5 Å². The number of nitriles is 1. The molecule has 1 N–H and O–H groups in total. The number of rotatable bonds is 5. The quantitative estimate of drug-likeness (QED) is 0.816. The first kappa shape index (κ1) is 14.5. The van der Waals surface area contributed by atoms with Gasteiger partial charge in [-0.3, -0.25) is 4.79 Å². The third-order valence-corrected chi connectivity index (χ3v) is 2.55. The van der Waals surface area contributed by atoms with Gasteiger partial charge in [-0.15, -0.1) is 5.10 Å². The van der Waals surface area contributed by atoms with Crippen LogP contribution in [-0.4, -0.2) is 22.2 Å². The van der Waals surface area contributed by atoms with E-state index in [0.717, 1.165) is 4.68 Å². The van der Waals surface area contributed by atoms with E-state index in [1.165, 1.54) is 24.3 Å². The molecule has 0 radical (unpaired) electrons. The standard InChI is InChI=1S/C13H11FN4O3/c14-10-4-2-9(3-5-10)12-17-18(13(20)21-12)8-11(19)16-7-1-6-15/h2-5H,1,7-8H2,(H,16,19). The Morgan fingerprint density at radius 3 is 2.81 bits per heavy atom. The van der Waals surface area contributed by atoms with E-state index in [9.17, 15) is 14.0 Å². The molecule has 1 heterocycles. The van der Waals surface area contributed by atoms with Gasteiger partial charge in [0, 0.05) is 12.1 Å². The summed E-state index contributed by atoms with van der Waals surface area (Å²) in [5.74, 6) is -1.65. The number of nitrogens with zero attached hydrogens (tertiary/aromatic N) is 3. The first-order valence-corrected chi connectivity index (χ1v) is 6.07. The monoisotopic (exact) mass is 290 g/mol. The third-order valence-electron chi connectivity index (χ3n) is 2.55. The first-order valence-electron chi connectivity index (χ1n) is 6.07. The molecule has 1 aromatic heterocycles. The fraction of sp³-hybridized carbons (Fsp3) is 0.231. The predicted molar refractivity (Wildman–Crippen MR) is 69.4 cm³/mol. The van der Waals surface area contributed by atoms with Gasteiger partial charge in [-0.05, 0) is 24.3 Å². The van der Waals surface area contributed by atoms with E-state index in [1.54, 1.807) is 0 Å². The van der Waals surface area contributed by atoms with Crippen LogP contribution < -0.4 is 11.1 Å². The van der Waals surface area contributed by atoms with Gasteiger partial charge in [0.25, 0.3) is 0 Å². The van der Waals surface area contributed by atoms with Gasteiger partial charge in [-0.25, -0.2) is 9.18 Å². The molecule has 0 aliphatic heterocycles. The highest BCUT2D eigenvalue weighted by Gasteiger charge is 2.13. The van der Waals surface area contributed by atoms with Gasteiger partial charge in [-0.2, -0.15) is 9.94 Å². The molecular weight excluding hydrogens is 279 g/mol. The Balaban J connectivity index is 2.09. The molecule has 8 heteroatoms. The minimum atomic E-state index is -0.787. The van der Waals surface area contributed by atoms with E-state index < -0.39 is 17.5 Å². The van der Waals surface area contributed by atoms with Gasteiger partial charge in [-0.1, -0.05) is 0 Å². The highest BCUT2D eigenvalue weighted by Crippen LogP contribution is 2.15. The first-order chi connectivity index (χ1) is 10.1. The summed E-state index contributed by atoms with van der Waals surface area (Å²) in [6.07, 6.45) is 0.181. The summed E-state index contributed by atoms with van der Waals surface area (Å²) < 4.78 is 18.6. The van der Waals surface area contributed by atoms with Crippen LogP contribution in [0.5, 0.6) is 0 Å². The minimum absolute atomic E-state index is 0.00447. The lowest BCUT2D eigenvalue weighted by Crippen LogP contribution is -2.31. The number of nitrogens with one attached hydrogen (secondary N) is 1. The van der Waals surface area contributed by atoms with Crippen molar-refractivity contribution in [2.75, 3.05) is 6.54 Å². The normalized spacial score (nSPS) is 10.1. The molecule has 7 nitrogen and oxygen atoms in total. The molecule has 0 aliphatic carbocycles. The molecule has 0 atom stereocenters. The summed E-state index contributed by atoms with van der Waals surface area (Å²) in [5, 5.41) is 14.7. The van der Waals surface area contributed by atoms with E-state index in [1.807, 2.05) is 6.07 Å². The highest BCUT2D eigenvalue weighted by atomic mass is 19.1. The Bertz CT molecular complexity index is 727. The molecule has 0 spiro atoms. The number of aromatic nitrogens is 2.